The van der Waals surface area contributed by atoms with Crippen molar-refractivity contribution in [3.8, 4) is 0 Å². The first-order chi connectivity index (χ1) is 11.6. The van der Waals surface area contributed by atoms with Crippen molar-refractivity contribution in [3.63, 3.8) is 0 Å². The van der Waals surface area contributed by atoms with E-state index in [-0.39, 0.29) is 8.69 Å². The van der Waals surface area contributed by atoms with E-state index in [0.29, 0.717) is 17.4 Å². The molecule has 0 aromatic rings. The van der Waals surface area contributed by atoms with Crippen molar-refractivity contribution in [2.24, 2.45) is 34.5 Å². The summed E-state index contributed by atoms with van der Waals surface area (Å²) in [7, 11) is -0.151. The number of hydrogen-bond donors (Lipinski definition) is 0. The van der Waals surface area contributed by atoms with Gasteiger partial charge in [0.2, 0.25) is 0 Å². The summed E-state index contributed by atoms with van der Waals surface area (Å²) in [5, 5.41) is 0. The Morgan fingerprint density at radius 2 is 2.04 bits per heavy atom. The highest BCUT2D eigenvalue weighted by Crippen LogP contribution is 2.67. The Hall–Kier alpha value is -0.200. The van der Waals surface area contributed by atoms with Crippen LogP contribution in [0.4, 0.5) is 0 Å². The Morgan fingerprint density at radius 1 is 1.17 bits per heavy atom. The van der Waals surface area contributed by atoms with Crippen molar-refractivity contribution in [3.05, 3.63) is 11.6 Å². The highest BCUT2D eigenvalue weighted by Gasteiger charge is 2.58. The summed E-state index contributed by atoms with van der Waals surface area (Å²) in [6.07, 6.45) is 16.3. The SMILES string of the molecule is C[C@]12CC[C@H]3[C@@H](CCC4=CCCC[C@@]43C)[C@@H]1CC[C@@H]2CCOP=O. The average molecular weight is 348 g/mol. The Morgan fingerprint density at radius 3 is 2.88 bits per heavy atom. The molecular weight excluding hydrogens is 315 g/mol. The van der Waals surface area contributed by atoms with Gasteiger partial charge in [0.25, 0.3) is 0 Å². The Kier molecular flexibility index (Phi) is 4.67. The van der Waals surface area contributed by atoms with Gasteiger partial charge in [-0.05, 0) is 98.7 Å². The summed E-state index contributed by atoms with van der Waals surface area (Å²) >= 11 is 0. The van der Waals surface area contributed by atoms with E-state index in [2.05, 4.69) is 19.9 Å². The summed E-state index contributed by atoms with van der Waals surface area (Å²) in [6.45, 7) is 5.84. The standard InChI is InChI=1S/C21H33O2P/c1-20-12-4-3-5-15(20)6-8-17-18-9-7-16(11-14-23-24-22)21(18,2)13-10-19(17)20/h5,16-19H,3-4,6-14H2,1-2H3/t16-,17+,18+,19+,20+,21-/m1/s1. The van der Waals surface area contributed by atoms with Crippen LogP contribution < -0.4 is 0 Å². The minimum atomic E-state index is -0.151. The highest BCUT2D eigenvalue weighted by molar-refractivity contribution is 7.17. The zero-order chi connectivity index (χ0) is 16.8. The van der Waals surface area contributed by atoms with E-state index in [0.717, 1.165) is 30.1 Å². The lowest BCUT2D eigenvalue weighted by molar-refractivity contribution is -0.0532. The zero-order valence-corrected chi connectivity index (χ0v) is 16.3. The molecule has 0 N–H and O–H groups in total. The molecule has 3 heteroatoms. The summed E-state index contributed by atoms with van der Waals surface area (Å²) in [4.78, 5) is 0. The zero-order valence-electron chi connectivity index (χ0n) is 15.4. The van der Waals surface area contributed by atoms with Crippen LogP contribution in [0.1, 0.15) is 78.1 Å². The van der Waals surface area contributed by atoms with Crippen LogP contribution in [0.2, 0.25) is 0 Å². The number of fused-ring (bicyclic) bond motifs is 5. The summed E-state index contributed by atoms with van der Waals surface area (Å²) in [6, 6.07) is 0. The van der Waals surface area contributed by atoms with E-state index in [4.69, 9.17) is 4.52 Å². The van der Waals surface area contributed by atoms with Crippen molar-refractivity contribution in [1.82, 2.24) is 0 Å². The van der Waals surface area contributed by atoms with E-state index in [9.17, 15) is 4.57 Å². The molecule has 0 aromatic carbocycles. The normalized spacial score (nSPS) is 47.7. The molecule has 4 rings (SSSR count). The van der Waals surface area contributed by atoms with Gasteiger partial charge in [-0.15, -0.1) is 0 Å². The van der Waals surface area contributed by atoms with Crippen LogP contribution in [0, 0.1) is 34.5 Å². The fraction of sp³-hybridized carbons (Fsp3) is 0.905. The smallest absolute Gasteiger partial charge is 0.294 e. The molecule has 0 amide bonds. The largest absolute Gasteiger partial charge is 0.327 e. The molecule has 0 spiro atoms. The van der Waals surface area contributed by atoms with Crippen molar-refractivity contribution < 1.29 is 9.09 Å². The van der Waals surface area contributed by atoms with Gasteiger partial charge >= 0.3 is 8.69 Å². The van der Waals surface area contributed by atoms with Gasteiger partial charge in [-0.3, -0.25) is 4.52 Å². The van der Waals surface area contributed by atoms with Crippen LogP contribution in [0.15, 0.2) is 11.6 Å². The van der Waals surface area contributed by atoms with Gasteiger partial charge in [0.15, 0.2) is 0 Å². The lowest BCUT2D eigenvalue weighted by Gasteiger charge is -2.58. The van der Waals surface area contributed by atoms with Crippen molar-refractivity contribution >= 4 is 8.69 Å². The van der Waals surface area contributed by atoms with Gasteiger partial charge in [0, 0.05) is 0 Å². The minimum absolute atomic E-state index is 0.151. The molecule has 24 heavy (non-hydrogen) atoms. The molecule has 6 atom stereocenters. The second kappa shape index (κ2) is 6.51. The van der Waals surface area contributed by atoms with Crippen LogP contribution in [0.25, 0.3) is 0 Å². The Bertz CT molecular complexity index is 530. The second-order valence-corrected chi connectivity index (χ2v) is 9.88. The summed E-state index contributed by atoms with van der Waals surface area (Å²) in [5.74, 6) is 3.59. The molecule has 4 aliphatic rings. The summed E-state index contributed by atoms with van der Waals surface area (Å²) in [5.41, 5.74) is 2.85. The van der Waals surface area contributed by atoms with Gasteiger partial charge in [0.05, 0.1) is 6.61 Å². The van der Waals surface area contributed by atoms with Crippen molar-refractivity contribution in [2.45, 2.75) is 78.1 Å². The summed E-state index contributed by atoms with van der Waals surface area (Å²) < 4.78 is 15.7. The maximum Gasteiger partial charge on any atom is 0.327 e. The van der Waals surface area contributed by atoms with E-state index < -0.39 is 0 Å². The molecule has 0 bridgehead atoms. The fourth-order valence-corrected chi connectivity index (χ4v) is 7.75. The van der Waals surface area contributed by atoms with Crippen LogP contribution in [0.5, 0.6) is 0 Å². The molecule has 0 heterocycles. The van der Waals surface area contributed by atoms with E-state index in [1.807, 2.05) is 5.57 Å². The molecule has 0 unspecified atom stereocenters. The first-order valence-corrected chi connectivity index (χ1v) is 11.0. The fourth-order valence-electron chi connectivity index (χ4n) is 7.57. The average Bonchev–Trinajstić information content (AvgIpc) is 2.91. The lowest BCUT2D eigenvalue weighted by Crippen LogP contribution is -2.50. The topological polar surface area (TPSA) is 26.3 Å². The molecule has 2 nitrogen and oxygen atoms in total. The maximum atomic E-state index is 10.6. The molecule has 3 saturated carbocycles. The maximum absolute atomic E-state index is 10.6. The number of rotatable bonds is 4. The first kappa shape index (κ1) is 17.2. The van der Waals surface area contributed by atoms with Gasteiger partial charge in [0.1, 0.15) is 0 Å². The van der Waals surface area contributed by atoms with Crippen molar-refractivity contribution in [2.75, 3.05) is 6.61 Å². The molecule has 0 aromatic heterocycles. The predicted octanol–water partition coefficient (Wildman–Crippen LogP) is 6.57. The van der Waals surface area contributed by atoms with E-state index >= 15 is 0 Å². The third-order valence-corrected chi connectivity index (χ3v) is 9.12. The minimum Gasteiger partial charge on any atom is -0.294 e. The molecule has 0 aliphatic heterocycles. The third-order valence-electron chi connectivity index (χ3n) is 8.83. The van der Waals surface area contributed by atoms with Crippen LogP contribution >= 0.6 is 8.69 Å². The van der Waals surface area contributed by atoms with Gasteiger partial charge in [-0.2, -0.15) is 0 Å². The van der Waals surface area contributed by atoms with Crippen LogP contribution in [-0.4, -0.2) is 6.61 Å². The first-order valence-electron chi connectivity index (χ1n) is 10.2. The number of allylic oxidation sites excluding steroid dienone is 2. The molecule has 0 radical (unpaired) electrons. The quantitative estimate of drug-likeness (QED) is 0.326. The van der Waals surface area contributed by atoms with Gasteiger partial charge in [-0.1, -0.05) is 25.5 Å². The second-order valence-electron chi connectivity index (χ2n) is 9.47. The van der Waals surface area contributed by atoms with Crippen molar-refractivity contribution in [1.29, 1.82) is 0 Å². The van der Waals surface area contributed by atoms with Crippen LogP contribution in [-0.2, 0) is 9.09 Å². The monoisotopic (exact) mass is 348 g/mol. The molecule has 0 saturated heterocycles. The Balaban J connectivity index is 1.54. The van der Waals surface area contributed by atoms with E-state index in [1.165, 1.54) is 57.8 Å². The molecule has 3 fully saturated rings. The molecule has 4 aliphatic carbocycles. The highest BCUT2D eigenvalue weighted by atomic mass is 31.1. The molecule has 134 valence electrons. The molecular formula is C21H33O2P. The predicted molar refractivity (Wildman–Crippen MR) is 98.0 cm³/mol. The van der Waals surface area contributed by atoms with E-state index in [1.54, 1.807) is 0 Å². The van der Waals surface area contributed by atoms with Crippen LogP contribution in [0.3, 0.4) is 0 Å². The van der Waals surface area contributed by atoms with Gasteiger partial charge in [-0.25, -0.2) is 4.57 Å². The number of hydrogen-bond acceptors (Lipinski definition) is 2. The third kappa shape index (κ3) is 2.55. The Labute approximate surface area is 149 Å². The lowest BCUT2D eigenvalue weighted by atomic mass is 9.47. The van der Waals surface area contributed by atoms with Gasteiger partial charge < -0.3 is 0 Å².